The van der Waals surface area contributed by atoms with E-state index in [1.807, 2.05) is 34.9 Å². The second-order valence-electron chi connectivity index (χ2n) is 6.55. The summed E-state index contributed by atoms with van der Waals surface area (Å²) in [6.45, 7) is 5.92. The topological polar surface area (TPSA) is 40.6 Å². The van der Waals surface area contributed by atoms with Crippen molar-refractivity contribution in [2.75, 3.05) is 36.0 Å². The maximum absolute atomic E-state index is 12.5. The first-order valence-corrected chi connectivity index (χ1v) is 8.90. The molecule has 2 aliphatic rings. The summed E-state index contributed by atoms with van der Waals surface area (Å²) in [6, 6.07) is 7.95. The van der Waals surface area contributed by atoms with E-state index >= 15 is 0 Å². The number of amides is 2. The quantitative estimate of drug-likeness (QED) is 0.840. The van der Waals surface area contributed by atoms with Crippen molar-refractivity contribution in [1.29, 1.82) is 0 Å². The van der Waals surface area contributed by atoms with Crippen LogP contribution in [-0.2, 0) is 15.0 Å². The third-order valence-electron chi connectivity index (χ3n) is 4.48. The van der Waals surface area contributed by atoms with Crippen molar-refractivity contribution in [2.45, 2.75) is 25.7 Å². The molecule has 2 aliphatic heterocycles. The van der Waals surface area contributed by atoms with E-state index in [9.17, 15) is 9.59 Å². The minimum atomic E-state index is -0.172. The lowest BCUT2D eigenvalue weighted by Gasteiger charge is -2.39. The molecule has 2 heterocycles. The standard InChI is InChI=1S/C17H22N2O2S/c1-17(2)11-15(20)19(14-6-4-3-5-13(14)17)12-16(21)18-7-9-22-10-8-18/h3-6H,7-12H2,1-2H3. The van der Waals surface area contributed by atoms with Crippen LogP contribution in [0.5, 0.6) is 0 Å². The number of fused-ring (bicyclic) bond motifs is 1. The van der Waals surface area contributed by atoms with Crippen molar-refractivity contribution < 1.29 is 9.59 Å². The van der Waals surface area contributed by atoms with E-state index in [1.54, 1.807) is 4.90 Å². The van der Waals surface area contributed by atoms with E-state index in [1.165, 1.54) is 0 Å². The second kappa shape index (κ2) is 5.95. The smallest absolute Gasteiger partial charge is 0.242 e. The van der Waals surface area contributed by atoms with Gasteiger partial charge in [0.1, 0.15) is 6.54 Å². The van der Waals surface area contributed by atoms with Crippen LogP contribution in [0.3, 0.4) is 0 Å². The van der Waals surface area contributed by atoms with E-state index in [-0.39, 0.29) is 23.8 Å². The van der Waals surface area contributed by atoms with E-state index in [4.69, 9.17) is 0 Å². The van der Waals surface area contributed by atoms with Gasteiger partial charge >= 0.3 is 0 Å². The molecule has 2 amide bonds. The zero-order valence-electron chi connectivity index (χ0n) is 13.2. The van der Waals surface area contributed by atoms with Crippen molar-refractivity contribution in [1.82, 2.24) is 4.90 Å². The van der Waals surface area contributed by atoms with Crippen molar-refractivity contribution >= 4 is 29.3 Å². The van der Waals surface area contributed by atoms with Crippen LogP contribution >= 0.6 is 11.8 Å². The van der Waals surface area contributed by atoms with Crippen LogP contribution in [0, 0.1) is 0 Å². The van der Waals surface area contributed by atoms with Crippen molar-refractivity contribution in [3.8, 4) is 0 Å². The summed E-state index contributed by atoms with van der Waals surface area (Å²) in [5, 5.41) is 0. The predicted octanol–water partition coefficient (Wildman–Crippen LogP) is 2.28. The highest BCUT2D eigenvalue weighted by molar-refractivity contribution is 7.99. The maximum Gasteiger partial charge on any atom is 0.242 e. The van der Waals surface area contributed by atoms with Gasteiger partial charge in [0.2, 0.25) is 11.8 Å². The third kappa shape index (κ3) is 2.86. The summed E-state index contributed by atoms with van der Waals surface area (Å²) in [4.78, 5) is 28.6. The minimum absolute atomic E-state index is 0.0448. The summed E-state index contributed by atoms with van der Waals surface area (Å²) in [5.41, 5.74) is 1.87. The molecule has 1 fully saturated rings. The van der Waals surface area contributed by atoms with Gasteiger partial charge in [-0.25, -0.2) is 0 Å². The lowest BCUT2D eigenvalue weighted by atomic mass is 9.77. The molecule has 22 heavy (non-hydrogen) atoms. The number of thioether (sulfide) groups is 1. The largest absolute Gasteiger partial charge is 0.339 e. The SMILES string of the molecule is CC1(C)CC(=O)N(CC(=O)N2CCSCC2)c2ccccc21. The fourth-order valence-electron chi connectivity index (χ4n) is 3.21. The first-order chi connectivity index (χ1) is 10.5. The third-order valence-corrected chi connectivity index (χ3v) is 5.42. The molecule has 0 atom stereocenters. The molecule has 0 bridgehead atoms. The van der Waals surface area contributed by atoms with Gasteiger partial charge in [-0.1, -0.05) is 32.0 Å². The van der Waals surface area contributed by atoms with E-state index in [0.29, 0.717) is 6.42 Å². The Bertz CT molecular complexity index is 594. The molecule has 3 rings (SSSR count). The number of para-hydroxylation sites is 1. The Hall–Kier alpha value is -1.49. The van der Waals surface area contributed by atoms with E-state index < -0.39 is 0 Å². The molecule has 1 aromatic carbocycles. The molecule has 118 valence electrons. The monoisotopic (exact) mass is 318 g/mol. The van der Waals surface area contributed by atoms with Crippen LogP contribution < -0.4 is 4.90 Å². The summed E-state index contributed by atoms with van der Waals surface area (Å²) >= 11 is 1.88. The van der Waals surface area contributed by atoms with Crippen molar-refractivity contribution in [3.63, 3.8) is 0 Å². The van der Waals surface area contributed by atoms with Crippen molar-refractivity contribution in [2.24, 2.45) is 0 Å². The molecule has 1 saturated heterocycles. The molecule has 0 N–H and O–H groups in total. The number of anilines is 1. The van der Waals surface area contributed by atoms with Gasteiger partial charge in [-0.3, -0.25) is 9.59 Å². The second-order valence-corrected chi connectivity index (χ2v) is 7.78. The van der Waals surface area contributed by atoms with Gasteiger partial charge in [-0.05, 0) is 11.6 Å². The Morgan fingerprint density at radius 2 is 1.91 bits per heavy atom. The molecular formula is C17H22N2O2S. The molecule has 0 saturated carbocycles. The maximum atomic E-state index is 12.5. The van der Waals surface area contributed by atoms with Gasteiger partial charge in [0.25, 0.3) is 0 Å². The Balaban J connectivity index is 1.84. The first-order valence-electron chi connectivity index (χ1n) is 7.74. The number of benzene rings is 1. The highest BCUT2D eigenvalue weighted by Gasteiger charge is 2.37. The number of nitrogens with zero attached hydrogens (tertiary/aromatic N) is 2. The van der Waals surface area contributed by atoms with Gasteiger partial charge in [-0.15, -0.1) is 0 Å². The summed E-state index contributed by atoms with van der Waals surface area (Å²) in [6.07, 6.45) is 0.452. The zero-order chi connectivity index (χ0) is 15.7. The highest BCUT2D eigenvalue weighted by atomic mass is 32.2. The lowest BCUT2D eigenvalue weighted by Crippen LogP contribution is -2.49. The van der Waals surface area contributed by atoms with Crippen molar-refractivity contribution in [3.05, 3.63) is 29.8 Å². The number of hydrogen-bond donors (Lipinski definition) is 0. The van der Waals surface area contributed by atoms with Gasteiger partial charge < -0.3 is 9.80 Å². The predicted molar refractivity (Wildman–Crippen MR) is 90.3 cm³/mol. The Morgan fingerprint density at radius 3 is 2.64 bits per heavy atom. The Kier molecular flexibility index (Phi) is 4.17. The number of carbonyl (C=O) groups excluding carboxylic acids is 2. The highest BCUT2D eigenvalue weighted by Crippen LogP contribution is 2.39. The number of rotatable bonds is 2. The molecule has 0 aliphatic carbocycles. The average Bonchev–Trinajstić information content (AvgIpc) is 2.52. The first kappa shape index (κ1) is 15.4. The van der Waals surface area contributed by atoms with Crippen LogP contribution in [0.25, 0.3) is 0 Å². The van der Waals surface area contributed by atoms with E-state index in [0.717, 1.165) is 35.8 Å². The molecule has 0 spiro atoms. The van der Waals surface area contributed by atoms with Gasteiger partial charge in [0.15, 0.2) is 0 Å². The zero-order valence-corrected chi connectivity index (χ0v) is 14.0. The van der Waals surface area contributed by atoms with E-state index in [2.05, 4.69) is 19.9 Å². The van der Waals surface area contributed by atoms with Crippen LogP contribution in [0.15, 0.2) is 24.3 Å². The molecule has 1 aromatic rings. The average molecular weight is 318 g/mol. The summed E-state index contributed by atoms with van der Waals surface area (Å²) in [5.74, 6) is 2.08. The number of carbonyl (C=O) groups is 2. The van der Waals surface area contributed by atoms with Gasteiger partial charge in [0, 0.05) is 42.1 Å². The molecule has 0 aromatic heterocycles. The molecule has 0 unspecified atom stereocenters. The molecule has 4 nitrogen and oxygen atoms in total. The minimum Gasteiger partial charge on any atom is -0.339 e. The van der Waals surface area contributed by atoms with Gasteiger partial charge in [0.05, 0.1) is 0 Å². The lowest BCUT2D eigenvalue weighted by molar-refractivity contribution is -0.131. The van der Waals surface area contributed by atoms with Crippen LogP contribution in [0.1, 0.15) is 25.8 Å². The fraction of sp³-hybridized carbons (Fsp3) is 0.529. The molecule has 0 radical (unpaired) electrons. The van der Waals surface area contributed by atoms with Crippen LogP contribution in [0.4, 0.5) is 5.69 Å². The molecule has 5 heteroatoms. The van der Waals surface area contributed by atoms with Gasteiger partial charge in [-0.2, -0.15) is 11.8 Å². The summed E-state index contributed by atoms with van der Waals surface area (Å²) < 4.78 is 0. The normalized spacial score (nSPS) is 20.7. The summed E-state index contributed by atoms with van der Waals surface area (Å²) in [7, 11) is 0. The Morgan fingerprint density at radius 1 is 1.23 bits per heavy atom. The van der Waals surface area contributed by atoms with Crippen LogP contribution in [0.2, 0.25) is 0 Å². The van der Waals surface area contributed by atoms with Crippen LogP contribution in [-0.4, -0.2) is 47.9 Å². The fourth-order valence-corrected chi connectivity index (χ4v) is 4.11. The Labute approximate surface area is 135 Å². The molecular weight excluding hydrogens is 296 g/mol. The number of hydrogen-bond acceptors (Lipinski definition) is 3.